The monoisotopic (exact) mass is 446 g/mol. The fraction of sp³-hybridized carbons (Fsp3) is 0.250. The molecule has 3 aromatic heterocycles. The zero-order valence-corrected chi connectivity index (χ0v) is 18.5. The quantitative estimate of drug-likeness (QED) is 0.507. The Morgan fingerprint density at radius 1 is 1.06 bits per heavy atom. The topological polar surface area (TPSA) is 75.9 Å². The lowest BCUT2D eigenvalue weighted by Crippen LogP contribution is -2.44. The lowest BCUT2D eigenvalue weighted by atomic mass is 10.0. The van der Waals surface area contributed by atoms with Crippen LogP contribution in [0.4, 0.5) is 5.82 Å². The van der Waals surface area contributed by atoms with Crippen molar-refractivity contribution in [1.82, 2.24) is 24.8 Å². The smallest absolute Gasteiger partial charge is 0.217 e. The van der Waals surface area contributed by atoms with Gasteiger partial charge in [-0.2, -0.15) is 0 Å². The number of aromatic nitrogens is 4. The third-order valence-electron chi connectivity index (χ3n) is 5.77. The molecule has 32 heavy (non-hydrogen) atoms. The second-order valence-corrected chi connectivity index (χ2v) is 8.41. The summed E-state index contributed by atoms with van der Waals surface area (Å²) in [7, 11) is 0. The van der Waals surface area contributed by atoms with Crippen LogP contribution < -0.4 is 10.2 Å². The van der Waals surface area contributed by atoms with Crippen LogP contribution in [-0.2, 0) is 4.79 Å². The molecular formula is C24H23ClN6O. The molecule has 1 aliphatic rings. The molecule has 162 valence electrons. The van der Waals surface area contributed by atoms with E-state index in [2.05, 4.69) is 25.8 Å². The molecule has 1 amide bonds. The van der Waals surface area contributed by atoms with Crippen LogP contribution in [0.2, 0.25) is 5.02 Å². The fourth-order valence-electron chi connectivity index (χ4n) is 4.21. The average molecular weight is 447 g/mol. The van der Waals surface area contributed by atoms with E-state index in [1.807, 2.05) is 48.8 Å². The molecule has 1 aliphatic heterocycles. The molecule has 0 radical (unpaired) electrons. The first-order chi connectivity index (χ1) is 15.6. The Kier molecular flexibility index (Phi) is 5.49. The van der Waals surface area contributed by atoms with Crippen LogP contribution in [0.1, 0.15) is 19.8 Å². The number of carbonyl (C=O) groups excluding carboxylic acids is 1. The first-order valence-corrected chi connectivity index (χ1v) is 11.0. The highest BCUT2D eigenvalue weighted by molar-refractivity contribution is 6.30. The number of benzene rings is 1. The molecule has 5 rings (SSSR count). The second kappa shape index (κ2) is 8.59. The summed E-state index contributed by atoms with van der Waals surface area (Å²) >= 11 is 6.10. The van der Waals surface area contributed by atoms with Crippen molar-refractivity contribution in [2.45, 2.75) is 25.8 Å². The van der Waals surface area contributed by atoms with Crippen molar-refractivity contribution in [3.05, 3.63) is 66.1 Å². The van der Waals surface area contributed by atoms with Gasteiger partial charge < -0.3 is 10.2 Å². The van der Waals surface area contributed by atoms with Gasteiger partial charge in [0, 0.05) is 54.7 Å². The van der Waals surface area contributed by atoms with Crippen molar-refractivity contribution in [3.63, 3.8) is 0 Å². The van der Waals surface area contributed by atoms with Crippen LogP contribution in [0, 0.1) is 0 Å². The van der Waals surface area contributed by atoms with Crippen molar-refractivity contribution in [2.24, 2.45) is 0 Å². The summed E-state index contributed by atoms with van der Waals surface area (Å²) in [5, 5.41) is 3.70. The molecular weight excluding hydrogens is 424 g/mol. The largest absolute Gasteiger partial charge is 0.356 e. The molecule has 0 aliphatic carbocycles. The maximum Gasteiger partial charge on any atom is 0.217 e. The van der Waals surface area contributed by atoms with E-state index in [0.29, 0.717) is 5.02 Å². The van der Waals surface area contributed by atoms with Crippen molar-refractivity contribution < 1.29 is 4.79 Å². The van der Waals surface area contributed by atoms with Gasteiger partial charge >= 0.3 is 0 Å². The number of rotatable bonds is 4. The van der Waals surface area contributed by atoms with Crippen LogP contribution >= 0.6 is 11.6 Å². The van der Waals surface area contributed by atoms with Gasteiger partial charge in [0.15, 0.2) is 0 Å². The van der Waals surface area contributed by atoms with E-state index < -0.39 is 0 Å². The Morgan fingerprint density at radius 3 is 2.53 bits per heavy atom. The van der Waals surface area contributed by atoms with Gasteiger partial charge in [-0.05, 0) is 55.3 Å². The molecule has 1 saturated heterocycles. The molecule has 0 bridgehead atoms. The molecule has 1 aromatic carbocycles. The van der Waals surface area contributed by atoms with Gasteiger partial charge in [-0.3, -0.25) is 14.3 Å². The van der Waals surface area contributed by atoms with Crippen molar-refractivity contribution in [3.8, 4) is 17.1 Å². The lowest BCUT2D eigenvalue weighted by molar-refractivity contribution is -0.119. The second-order valence-electron chi connectivity index (χ2n) is 7.98. The Bertz CT molecular complexity index is 1240. The first kappa shape index (κ1) is 20.5. The van der Waals surface area contributed by atoms with Gasteiger partial charge in [0.25, 0.3) is 0 Å². The number of anilines is 1. The summed E-state index contributed by atoms with van der Waals surface area (Å²) in [6.07, 6.45) is 7.28. The van der Waals surface area contributed by atoms with Gasteiger partial charge in [-0.15, -0.1) is 0 Å². The minimum absolute atomic E-state index is 0.0321. The molecule has 0 unspecified atom stereocenters. The SMILES string of the molecule is CC(=O)NC1CCN(c2ccc(-c3nc4ccncc4n3-c3ccc(Cl)cc3)cn2)CC1. The first-order valence-electron chi connectivity index (χ1n) is 10.7. The van der Waals surface area contributed by atoms with Crippen molar-refractivity contribution in [2.75, 3.05) is 18.0 Å². The standard InChI is InChI=1S/C24H23ClN6O/c1-16(32)28-19-9-12-30(13-10-19)23-7-2-17(14-27-23)24-29-21-8-11-26-15-22(21)31(24)20-5-3-18(25)4-6-20/h2-8,11,14-15,19H,9-10,12-13H2,1H3,(H,28,32). The van der Waals surface area contributed by atoms with E-state index in [1.54, 1.807) is 13.1 Å². The highest BCUT2D eigenvalue weighted by Crippen LogP contribution is 2.29. The molecule has 0 saturated carbocycles. The van der Waals surface area contributed by atoms with E-state index >= 15 is 0 Å². The van der Waals surface area contributed by atoms with Gasteiger partial charge in [-0.1, -0.05) is 11.6 Å². The van der Waals surface area contributed by atoms with Gasteiger partial charge in [0.2, 0.25) is 5.91 Å². The molecule has 8 heteroatoms. The fourth-order valence-corrected chi connectivity index (χ4v) is 4.34. The third-order valence-corrected chi connectivity index (χ3v) is 6.03. The number of nitrogens with zero attached hydrogens (tertiary/aromatic N) is 5. The average Bonchev–Trinajstić information content (AvgIpc) is 3.19. The Balaban J connectivity index is 1.44. The predicted molar refractivity (Wildman–Crippen MR) is 126 cm³/mol. The van der Waals surface area contributed by atoms with E-state index in [4.69, 9.17) is 21.6 Å². The molecule has 7 nitrogen and oxygen atoms in total. The van der Waals surface area contributed by atoms with E-state index in [-0.39, 0.29) is 11.9 Å². The Labute approximate surface area is 191 Å². The number of piperidine rings is 1. The zero-order valence-electron chi connectivity index (χ0n) is 17.7. The summed E-state index contributed by atoms with van der Waals surface area (Å²) in [6.45, 7) is 3.30. The van der Waals surface area contributed by atoms with E-state index in [1.165, 1.54) is 0 Å². The lowest BCUT2D eigenvalue weighted by Gasteiger charge is -2.33. The number of amides is 1. The van der Waals surface area contributed by atoms with E-state index in [9.17, 15) is 4.79 Å². The highest BCUT2D eigenvalue weighted by Gasteiger charge is 2.21. The number of hydrogen-bond donors (Lipinski definition) is 1. The molecule has 0 spiro atoms. The summed E-state index contributed by atoms with van der Waals surface area (Å²) in [5.41, 5.74) is 3.68. The number of hydrogen-bond acceptors (Lipinski definition) is 5. The minimum Gasteiger partial charge on any atom is -0.356 e. The number of imidazole rings is 1. The summed E-state index contributed by atoms with van der Waals surface area (Å²) in [5.74, 6) is 1.77. The Hall–Kier alpha value is -3.45. The Morgan fingerprint density at radius 2 is 1.84 bits per heavy atom. The molecule has 1 N–H and O–H groups in total. The third kappa shape index (κ3) is 4.03. The zero-order chi connectivity index (χ0) is 22.1. The predicted octanol–water partition coefficient (Wildman–Crippen LogP) is 4.24. The minimum atomic E-state index is 0.0321. The van der Waals surface area contributed by atoms with Crippen molar-refractivity contribution in [1.29, 1.82) is 0 Å². The number of pyridine rings is 2. The number of nitrogens with one attached hydrogen (secondary N) is 1. The highest BCUT2D eigenvalue weighted by atomic mass is 35.5. The number of fused-ring (bicyclic) bond motifs is 1. The maximum absolute atomic E-state index is 11.3. The molecule has 4 heterocycles. The summed E-state index contributed by atoms with van der Waals surface area (Å²) in [4.78, 5) is 27.4. The van der Waals surface area contributed by atoms with Crippen LogP contribution in [0.15, 0.2) is 61.1 Å². The van der Waals surface area contributed by atoms with E-state index in [0.717, 1.165) is 59.9 Å². The van der Waals surface area contributed by atoms with Crippen LogP contribution in [0.5, 0.6) is 0 Å². The van der Waals surface area contributed by atoms with Crippen LogP contribution in [0.25, 0.3) is 28.1 Å². The van der Waals surface area contributed by atoms with Crippen molar-refractivity contribution >= 4 is 34.4 Å². The molecule has 1 fully saturated rings. The number of halogens is 1. The van der Waals surface area contributed by atoms with Gasteiger partial charge in [-0.25, -0.2) is 9.97 Å². The molecule has 0 atom stereocenters. The van der Waals surface area contributed by atoms with Crippen LogP contribution in [-0.4, -0.2) is 44.6 Å². The summed E-state index contributed by atoms with van der Waals surface area (Å²) < 4.78 is 2.08. The normalized spacial score (nSPS) is 14.6. The maximum atomic E-state index is 11.3. The summed E-state index contributed by atoms with van der Waals surface area (Å²) in [6, 6.07) is 13.9. The van der Waals surface area contributed by atoms with Gasteiger partial charge in [0.1, 0.15) is 11.6 Å². The van der Waals surface area contributed by atoms with Gasteiger partial charge in [0.05, 0.1) is 17.2 Å². The number of carbonyl (C=O) groups is 1. The van der Waals surface area contributed by atoms with Crippen LogP contribution in [0.3, 0.4) is 0 Å². The molecule has 4 aromatic rings.